The third-order valence-electron chi connectivity index (χ3n) is 5.63. The highest BCUT2D eigenvalue weighted by atomic mass is 16.2. The van der Waals surface area contributed by atoms with E-state index in [9.17, 15) is 9.59 Å². The van der Waals surface area contributed by atoms with E-state index in [1.807, 2.05) is 6.07 Å². The first-order valence-corrected chi connectivity index (χ1v) is 11.1. The molecule has 3 heterocycles. The fourth-order valence-electron chi connectivity index (χ4n) is 3.65. The van der Waals surface area contributed by atoms with E-state index in [2.05, 4.69) is 70.4 Å². The molecule has 2 N–H and O–H groups in total. The van der Waals surface area contributed by atoms with Crippen molar-refractivity contribution in [1.29, 1.82) is 0 Å². The van der Waals surface area contributed by atoms with E-state index in [0.29, 0.717) is 35.0 Å². The zero-order valence-corrected chi connectivity index (χ0v) is 19.8. The first kappa shape index (κ1) is 23.1. The van der Waals surface area contributed by atoms with E-state index in [0.717, 1.165) is 5.56 Å². The smallest absolute Gasteiger partial charge is 0.255 e. The largest absolute Gasteiger partial charge is 0.311 e. The van der Waals surface area contributed by atoms with E-state index < -0.39 is 0 Å². The van der Waals surface area contributed by atoms with Gasteiger partial charge >= 0.3 is 0 Å². The normalized spacial score (nSPS) is 11.4. The third kappa shape index (κ3) is 5.28. The molecule has 0 spiro atoms. The number of carbonyl (C=O) groups excluding carboxylic acids is 1. The van der Waals surface area contributed by atoms with Crippen molar-refractivity contribution in [2.45, 2.75) is 46.1 Å². The van der Waals surface area contributed by atoms with Gasteiger partial charge in [0, 0.05) is 35.3 Å². The first-order chi connectivity index (χ1) is 16.2. The minimum Gasteiger partial charge on any atom is -0.311 e. The highest BCUT2D eigenvalue weighted by Gasteiger charge is 2.16. The molecule has 0 aliphatic rings. The van der Waals surface area contributed by atoms with E-state index in [-0.39, 0.29) is 23.3 Å². The molecule has 0 bridgehead atoms. The standard InChI is InChI=1S/C26H28N6O2/c1-17-21(25(34)31-24(29-17)19-6-5-12-27-15-19)14-23(33)30-22-11-13-28-32(22)16-18-7-9-20(10-8-18)26(2,3)4/h5-13,15H,14,16H2,1-4H3,(H,30,33)(H,29,31,34). The molecular formula is C26H28N6O2. The number of nitrogens with one attached hydrogen (secondary N) is 2. The number of anilines is 1. The fourth-order valence-corrected chi connectivity index (χ4v) is 3.65. The molecule has 1 amide bonds. The average molecular weight is 457 g/mol. The lowest BCUT2D eigenvalue weighted by Gasteiger charge is -2.19. The molecule has 0 unspecified atom stereocenters. The average Bonchev–Trinajstić information content (AvgIpc) is 3.22. The number of rotatable bonds is 6. The number of H-pyrrole nitrogens is 1. The van der Waals surface area contributed by atoms with Crippen LogP contribution in [0.25, 0.3) is 11.4 Å². The van der Waals surface area contributed by atoms with Gasteiger partial charge in [0.25, 0.3) is 5.56 Å². The van der Waals surface area contributed by atoms with Crippen LogP contribution < -0.4 is 10.9 Å². The van der Waals surface area contributed by atoms with Crippen LogP contribution >= 0.6 is 0 Å². The predicted molar refractivity (Wildman–Crippen MR) is 132 cm³/mol. The van der Waals surface area contributed by atoms with Crippen LogP contribution in [0.3, 0.4) is 0 Å². The Morgan fingerprint density at radius 3 is 2.50 bits per heavy atom. The molecule has 0 saturated heterocycles. The van der Waals surface area contributed by atoms with Crippen LogP contribution in [-0.4, -0.2) is 30.6 Å². The van der Waals surface area contributed by atoms with Crippen molar-refractivity contribution in [2.75, 3.05) is 5.32 Å². The van der Waals surface area contributed by atoms with Gasteiger partial charge in [-0.3, -0.25) is 14.6 Å². The lowest BCUT2D eigenvalue weighted by Crippen LogP contribution is -2.24. The van der Waals surface area contributed by atoms with E-state index >= 15 is 0 Å². The van der Waals surface area contributed by atoms with Crippen molar-refractivity contribution in [3.05, 3.63) is 93.8 Å². The van der Waals surface area contributed by atoms with Gasteiger partial charge < -0.3 is 10.3 Å². The van der Waals surface area contributed by atoms with Gasteiger partial charge in [-0.05, 0) is 35.6 Å². The van der Waals surface area contributed by atoms with Crippen molar-refractivity contribution in [1.82, 2.24) is 24.7 Å². The van der Waals surface area contributed by atoms with E-state index in [1.54, 1.807) is 42.3 Å². The Kier molecular flexibility index (Phi) is 6.40. The Balaban J connectivity index is 1.46. The topological polar surface area (TPSA) is 106 Å². The Morgan fingerprint density at radius 2 is 1.85 bits per heavy atom. The number of carbonyl (C=O) groups is 1. The van der Waals surface area contributed by atoms with Crippen LogP contribution in [0.2, 0.25) is 0 Å². The minimum atomic E-state index is -0.339. The van der Waals surface area contributed by atoms with Crippen molar-refractivity contribution >= 4 is 11.7 Å². The molecule has 34 heavy (non-hydrogen) atoms. The Bertz CT molecular complexity index is 1350. The van der Waals surface area contributed by atoms with Crippen LogP contribution in [-0.2, 0) is 23.2 Å². The Morgan fingerprint density at radius 1 is 1.09 bits per heavy atom. The highest BCUT2D eigenvalue weighted by molar-refractivity contribution is 5.91. The van der Waals surface area contributed by atoms with Gasteiger partial charge in [-0.2, -0.15) is 5.10 Å². The number of nitrogens with zero attached hydrogens (tertiary/aromatic N) is 4. The molecule has 174 valence electrons. The van der Waals surface area contributed by atoms with Crippen molar-refractivity contribution in [3.63, 3.8) is 0 Å². The first-order valence-electron chi connectivity index (χ1n) is 11.1. The minimum absolute atomic E-state index is 0.0877. The maximum atomic E-state index is 12.8. The van der Waals surface area contributed by atoms with Crippen LogP contribution in [0.1, 0.15) is 43.2 Å². The van der Waals surface area contributed by atoms with E-state index in [4.69, 9.17) is 0 Å². The summed E-state index contributed by atoms with van der Waals surface area (Å²) in [5.41, 5.74) is 3.62. The fraction of sp³-hybridized carbons (Fsp3) is 0.269. The number of amides is 1. The Hall–Kier alpha value is -4.07. The van der Waals surface area contributed by atoms with Crippen molar-refractivity contribution in [3.8, 4) is 11.4 Å². The summed E-state index contributed by atoms with van der Waals surface area (Å²) in [6.07, 6.45) is 4.83. The molecule has 0 atom stereocenters. The lowest BCUT2D eigenvalue weighted by atomic mass is 9.87. The van der Waals surface area contributed by atoms with Crippen molar-refractivity contribution in [2.24, 2.45) is 0 Å². The second-order valence-corrected chi connectivity index (χ2v) is 9.27. The van der Waals surface area contributed by atoms with Gasteiger partial charge in [-0.1, -0.05) is 45.0 Å². The number of benzene rings is 1. The maximum Gasteiger partial charge on any atom is 0.255 e. The van der Waals surface area contributed by atoms with Gasteiger partial charge in [0.2, 0.25) is 5.91 Å². The number of aromatic nitrogens is 5. The van der Waals surface area contributed by atoms with Crippen LogP contribution in [0.15, 0.2) is 65.8 Å². The quantitative estimate of drug-likeness (QED) is 0.458. The number of hydrogen-bond donors (Lipinski definition) is 2. The van der Waals surface area contributed by atoms with Crippen LogP contribution in [0, 0.1) is 6.92 Å². The predicted octanol–water partition coefficient (Wildman–Crippen LogP) is 3.86. The number of pyridine rings is 1. The molecule has 8 heteroatoms. The summed E-state index contributed by atoms with van der Waals surface area (Å²) in [5, 5.41) is 7.21. The summed E-state index contributed by atoms with van der Waals surface area (Å²) in [7, 11) is 0. The summed E-state index contributed by atoms with van der Waals surface area (Å²) in [6.45, 7) is 8.78. The van der Waals surface area contributed by atoms with Gasteiger partial charge in [0.15, 0.2) is 0 Å². The molecule has 0 aliphatic heterocycles. The molecular weight excluding hydrogens is 428 g/mol. The summed E-state index contributed by atoms with van der Waals surface area (Å²) in [6, 6.07) is 13.7. The maximum absolute atomic E-state index is 12.8. The molecule has 3 aromatic heterocycles. The second kappa shape index (κ2) is 9.43. The number of hydrogen-bond acceptors (Lipinski definition) is 5. The van der Waals surface area contributed by atoms with E-state index in [1.165, 1.54) is 5.56 Å². The van der Waals surface area contributed by atoms with Crippen LogP contribution in [0.4, 0.5) is 5.82 Å². The van der Waals surface area contributed by atoms with Gasteiger partial charge in [-0.15, -0.1) is 0 Å². The zero-order valence-electron chi connectivity index (χ0n) is 19.8. The zero-order chi connectivity index (χ0) is 24.3. The second-order valence-electron chi connectivity index (χ2n) is 9.27. The van der Waals surface area contributed by atoms with Crippen LogP contribution in [0.5, 0.6) is 0 Å². The van der Waals surface area contributed by atoms with Crippen molar-refractivity contribution < 1.29 is 4.79 Å². The van der Waals surface area contributed by atoms with Gasteiger partial charge in [0.05, 0.1) is 19.2 Å². The molecule has 4 aromatic rings. The summed E-state index contributed by atoms with van der Waals surface area (Å²) >= 11 is 0. The van der Waals surface area contributed by atoms with Gasteiger partial charge in [-0.25, -0.2) is 9.67 Å². The molecule has 0 saturated carbocycles. The summed E-state index contributed by atoms with van der Waals surface area (Å²) in [4.78, 5) is 36.7. The lowest BCUT2D eigenvalue weighted by molar-refractivity contribution is -0.115. The highest BCUT2D eigenvalue weighted by Crippen LogP contribution is 2.22. The third-order valence-corrected chi connectivity index (χ3v) is 5.63. The summed E-state index contributed by atoms with van der Waals surface area (Å²) in [5.74, 6) is 0.684. The molecule has 1 aromatic carbocycles. The van der Waals surface area contributed by atoms with Gasteiger partial charge in [0.1, 0.15) is 11.6 Å². The molecule has 0 aliphatic carbocycles. The SMILES string of the molecule is Cc1nc(-c2cccnc2)[nH]c(=O)c1CC(=O)Nc1ccnn1Cc1ccc(C(C)(C)C)cc1. The molecule has 8 nitrogen and oxygen atoms in total. The monoisotopic (exact) mass is 456 g/mol. The Labute approximate surface area is 198 Å². The molecule has 4 rings (SSSR count). The molecule has 0 fully saturated rings. The number of aromatic amines is 1. The molecule has 0 radical (unpaired) electrons. The summed E-state index contributed by atoms with van der Waals surface area (Å²) < 4.78 is 1.73. The number of aryl methyl sites for hydroxylation is 1.